The van der Waals surface area contributed by atoms with Crippen molar-refractivity contribution in [3.63, 3.8) is 0 Å². The van der Waals surface area contributed by atoms with Gasteiger partial charge >= 0.3 is 0 Å². The molecule has 1 aliphatic rings. The minimum Gasteiger partial charge on any atom is -0.384 e. The molecule has 2 aromatic carbocycles. The number of likely N-dealkylation sites (tertiary alicyclic amines) is 1. The first kappa shape index (κ1) is 18.2. The lowest BCUT2D eigenvalue weighted by Gasteiger charge is -2.42. The Morgan fingerprint density at radius 1 is 0.960 bits per heavy atom. The van der Waals surface area contributed by atoms with E-state index in [4.69, 9.17) is 0 Å². The normalized spacial score (nSPS) is 19.1. The molecule has 0 saturated carbocycles. The van der Waals surface area contributed by atoms with Crippen molar-refractivity contribution in [2.45, 2.75) is 45.1 Å². The molecule has 0 aromatic heterocycles. The van der Waals surface area contributed by atoms with E-state index in [0.29, 0.717) is 0 Å². The average Bonchev–Trinajstić information content (AvgIpc) is 3.13. The SMILES string of the molecule is Cc1ccc([C@@](O)(C(C)C)[C@H](CN2CCCC2)c2ccccc2)cc1. The van der Waals surface area contributed by atoms with Crippen LogP contribution in [0.4, 0.5) is 0 Å². The molecule has 2 atom stereocenters. The summed E-state index contributed by atoms with van der Waals surface area (Å²) in [5.41, 5.74) is 2.61. The Morgan fingerprint density at radius 3 is 2.12 bits per heavy atom. The second-order valence-electron chi connectivity index (χ2n) is 7.82. The van der Waals surface area contributed by atoms with Crippen LogP contribution >= 0.6 is 0 Å². The van der Waals surface area contributed by atoms with Crippen molar-refractivity contribution in [1.82, 2.24) is 4.90 Å². The van der Waals surface area contributed by atoms with Crippen molar-refractivity contribution in [3.05, 3.63) is 71.3 Å². The lowest BCUT2D eigenvalue weighted by atomic mass is 9.70. The number of hydrogen-bond acceptors (Lipinski definition) is 2. The fourth-order valence-corrected chi connectivity index (χ4v) is 4.16. The second kappa shape index (κ2) is 7.72. The first-order chi connectivity index (χ1) is 12.0. The fraction of sp³-hybridized carbons (Fsp3) is 0.478. The van der Waals surface area contributed by atoms with Crippen LogP contribution in [0.5, 0.6) is 0 Å². The number of rotatable bonds is 6. The van der Waals surface area contributed by atoms with E-state index in [9.17, 15) is 5.11 Å². The molecular weight excluding hydrogens is 306 g/mol. The molecule has 1 fully saturated rings. The summed E-state index contributed by atoms with van der Waals surface area (Å²) in [4.78, 5) is 2.51. The van der Waals surface area contributed by atoms with Crippen LogP contribution < -0.4 is 0 Å². The summed E-state index contributed by atoms with van der Waals surface area (Å²) < 4.78 is 0. The Balaban J connectivity index is 2.04. The predicted molar refractivity (Wildman–Crippen MR) is 105 cm³/mol. The van der Waals surface area contributed by atoms with Gasteiger partial charge in [-0.25, -0.2) is 0 Å². The average molecular weight is 338 g/mol. The summed E-state index contributed by atoms with van der Waals surface area (Å²) in [6.45, 7) is 9.57. The van der Waals surface area contributed by atoms with Crippen molar-refractivity contribution in [3.8, 4) is 0 Å². The van der Waals surface area contributed by atoms with Crippen LogP contribution in [0.2, 0.25) is 0 Å². The molecule has 1 heterocycles. The van der Waals surface area contributed by atoms with E-state index >= 15 is 0 Å². The number of aliphatic hydroxyl groups is 1. The molecule has 0 amide bonds. The third kappa shape index (κ3) is 3.80. The van der Waals surface area contributed by atoms with Gasteiger partial charge in [0.2, 0.25) is 0 Å². The third-order valence-corrected chi connectivity index (χ3v) is 5.77. The Kier molecular flexibility index (Phi) is 5.61. The van der Waals surface area contributed by atoms with E-state index in [1.54, 1.807) is 0 Å². The van der Waals surface area contributed by atoms with Crippen molar-refractivity contribution < 1.29 is 5.11 Å². The zero-order valence-electron chi connectivity index (χ0n) is 15.8. The van der Waals surface area contributed by atoms with Gasteiger partial charge in [-0.2, -0.15) is 0 Å². The summed E-state index contributed by atoms with van der Waals surface area (Å²) in [6.07, 6.45) is 2.54. The highest BCUT2D eigenvalue weighted by atomic mass is 16.3. The molecule has 3 rings (SSSR count). The van der Waals surface area contributed by atoms with Crippen molar-refractivity contribution in [2.75, 3.05) is 19.6 Å². The van der Waals surface area contributed by atoms with Crippen LogP contribution in [0.3, 0.4) is 0 Å². The highest BCUT2D eigenvalue weighted by molar-refractivity contribution is 5.34. The summed E-state index contributed by atoms with van der Waals surface area (Å²) in [5.74, 6) is 0.192. The number of hydrogen-bond donors (Lipinski definition) is 1. The Hall–Kier alpha value is -1.64. The van der Waals surface area contributed by atoms with E-state index in [0.717, 1.165) is 25.2 Å². The smallest absolute Gasteiger partial charge is 0.0999 e. The van der Waals surface area contributed by atoms with Gasteiger partial charge in [-0.3, -0.25) is 0 Å². The Bertz CT molecular complexity index is 658. The number of nitrogens with zero attached hydrogens (tertiary/aromatic N) is 1. The lowest BCUT2D eigenvalue weighted by molar-refractivity contribution is -0.0447. The van der Waals surface area contributed by atoms with Crippen LogP contribution in [0.15, 0.2) is 54.6 Å². The first-order valence-electron chi connectivity index (χ1n) is 9.58. The largest absolute Gasteiger partial charge is 0.384 e. The van der Waals surface area contributed by atoms with Crippen molar-refractivity contribution in [2.24, 2.45) is 5.92 Å². The van der Waals surface area contributed by atoms with Crippen LogP contribution in [0, 0.1) is 12.8 Å². The van der Waals surface area contributed by atoms with Gasteiger partial charge in [0.15, 0.2) is 0 Å². The molecule has 1 aliphatic heterocycles. The lowest BCUT2D eigenvalue weighted by Crippen LogP contribution is -2.44. The van der Waals surface area contributed by atoms with E-state index < -0.39 is 5.60 Å². The van der Waals surface area contributed by atoms with E-state index in [-0.39, 0.29) is 11.8 Å². The highest BCUT2D eigenvalue weighted by Gasteiger charge is 2.43. The summed E-state index contributed by atoms with van der Waals surface area (Å²) in [7, 11) is 0. The molecule has 25 heavy (non-hydrogen) atoms. The van der Waals surface area contributed by atoms with Gasteiger partial charge in [0.25, 0.3) is 0 Å². The maximum absolute atomic E-state index is 12.0. The topological polar surface area (TPSA) is 23.5 Å². The quantitative estimate of drug-likeness (QED) is 0.824. The molecule has 2 heteroatoms. The summed E-state index contributed by atoms with van der Waals surface area (Å²) >= 11 is 0. The maximum Gasteiger partial charge on any atom is 0.0999 e. The van der Waals surface area contributed by atoms with Crippen LogP contribution in [0.25, 0.3) is 0 Å². The highest BCUT2D eigenvalue weighted by Crippen LogP contribution is 2.43. The first-order valence-corrected chi connectivity index (χ1v) is 9.58. The molecule has 2 nitrogen and oxygen atoms in total. The minimum absolute atomic E-state index is 0.0644. The molecule has 1 N–H and O–H groups in total. The summed E-state index contributed by atoms with van der Waals surface area (Å²) in [6, 6.07) is 19.0. The van der Waals surface area contributed by atoms with E-state index in [1.165, 1.54) is 24.0 Å². The summed E-state index contributed by atoms with van der Waals surface area (Å²) in [5, 5.41) is 12.0. The Labute approximate surface area is 152 Å². The van der Waals surface area contributed by atoms with Gasteiger partial charge in [-0.05, 0) is 49.9 Å². The molecule has 0 bridgehead atoms. The van der Waals surface area contributed by atoms with E-state index in [2.05, 4.69) is 80.3 Å². The molecule has 1 saturated heterocycles. The van der Waals surface area contributed by atoms with Crippen LogP contribution in [-0.4, -0.2) is 29.6 Å². The number of aryl methyl sites for hydroxylation is 1. The maximum atomic E-state index is 12.0. The number of benzene rings is 2. The van der Waals surface area contributed by atoms with Gasteiger partial charge in [0.05, 0.1) is 5.60 Å². The predicted octanol–water partition coefficient (Wildman–Crippen LogP) is 4.72. The molecule has 2 aromatic rings. The molecule has 134 valence electrons. The molecule has 0 spiro atoms. The van der Waals surface area contributed by atoms with E-state index in [1.807, 2.05) is 0 Å². The van der Waals surface area contributed by atoms with Gasteiger partial charge in [0, 0.05) is 12.5 Å². The van der Waals surface area contributed by atoms with Gasteiger partial charge in [-0.15, -0.1) is 0 Å². The third-order valence-electron chi connectivity index (χ3n) is 5.77. The molecule has 0 aliphatic carbocycles. The molecule has 0 radical (unpaired) electrons. The van der Waals surface area contributed by atoms with Gasteiger partial charge in [0.1, 0.15) is 0 Å². The van der Waals surface area contributed by atoms with Crippen molar-refractivity contribution >= 4 is 0 Å². The minimum atomic E-state index is -0.877. The fourth-order valence-electron chi connectivity index (χ4n) is 4.16. The Morgan fingerprint density at radius 2 is 1.56 bits per heavy atom. The standard InChI is InChI=1S/C23H31NO/c1-18(2)23(25,21-13-11-19(3)12-14-21)22(17-24-15-7-8-16-24)20-9-5-4-6-10-20/h4-6,9-14,18,22,25H,7-8,15-17H2,1-3H3/t22-,23+/m1/s1. The van der Waals surface area contributed by atoms with Crippen molar-refractivity contribution in [1.29, 1.82) is 0 Å². The second-order valence-corrected chi connectivity index (χ2v) is 7.82. The van der Waals surface area contributed by atoms with Gasteiger partial charge in [-0.1, -0.05) is 74.0 Å². The molecular formula is C23H31NO. The monoisotopic (exact) mass is 337 g/mol. The zero-order chi connectivity index (χ0) is 17.9. The molecule has 0 unspecified atom stereocenters. The van der Waals surface area contributed by atoms with Crippen LogP contribution in [-0.2, 0) is 5.60 Å². The van der Waals surface area contributed by atoms with Crippen LogP contribution in [0.1, 0.15) is 49.3 Å². The van der Waals surface area contributed by atoms with Gasteiger partial charge < -0.3 is 10.0 Å². The zero-order valence-corrected chi connectivity index (χ0v) is 15.8.